The monoisotopic (exact) mass is 377 g/mol. The Labute approximate surface area is 158 Å². The minimum Gasteiger partial charge on any atom is -0.398 e. The molecule has 0 radical (unpaired) electrons. The van der Waals surface area contributed by atoms with Crippen LogP contribution in [-0.4, -0.2) is 33.3 Å². The van der Waals surface area contributed by atoms with Crippen molar-refractivity contribution in [2.45, 2.75) is 52.4 Å². The van der Waals surface area contributed by atoms with Crippen molar-refractivity contribution >= 4 is 24.8 Å². The van der Waals surface area contributed by atoms with Gasteiger partial charge in [-0.15, -0.1) is 5.10 Å². The SMILES string of the molecule is Cc1ccc(Cn2cc(C=C(F)B3OC(C)(C)C(C)(C)O3)nn2)c(Cl)c1. The van der Waals surface area contributed by atoms with Crippen LogP contribution >= 0.6 is 11.6 Å². The molecule has 5 nitrogen and oxygen atoms in total. The smallest absolute Gasteiger partial charge is 0.398 e. The van der Waals surface area contributed by atoms with Crippen molar-refractivity contribution < 1.29 is 13.7 Å². The summed E-state index contributed by atoms with van der Waals surface area (Å²) in [5.41, 5.74) is 0.671. The van der Waals surface area contributed by atoms with Gasteiger partial charge in [-0.25, -0.2) is 9.07 Å². The third-order valence-corrected chi connectivity index (χ3v) is 5.21. The van der Waals surface area contributed by atoms with E-state index in [4.69, 9.17) is 20.9 Å². The molecule has 1 fully saturated rings. The summed E-state index contributed by atoms with van der Waals surface area (Å²) in [6.45, 7) is 9.94. The number of hydrogen-bond acceptors (Lipinski definition) is 4. The molecule has 0 bridgehead atoms. The van der Waals surface area contributed by atoms with E-state index in [1.807, 2.05) is 52.8 Å². The highest BCUT2D eigenvalue weighted by Crippen LogP contribution is 2.39. The summed E-state index contributed by atoms with van der Waals surface area (Å²) in [5, 5.41) is 8.68. The van der Waals surface area contributed by atoms with E-state index < -0.39 is 24.0 Å². The van der Waals surface area contributed by atoms with E-state index in [0.29, 0.717) is 17.3 Å². The second-order valence-electron chi connectivity index (χ2n) is 7.55. The number of aryl methyl sites for hydroxylation is 1. The maximum atomic E-state index is 14.5. The number of aromatic nitrogens is 3. The fourth-order valence-corrected chi connectivity index (χ4v) is 2.87. The molecule has 0 unspecified atom stereocenters. The molecule has 26 heavy (non-hydrogen) atoms. The summed E-state index contributed by atoms with van der Waals surface area (Å²) in [6.07, 6.45) is 2.93. The van der Waals surface area contributed by atoms with Crippen LogP contribution < -0.4 is 0 Å². The summed E-state index contributed by atoms with van der Waals surface area (Å²) >= 11 is 6.24. The summed E-state index contributed by atoms with van der Waals surface area (Å²) in [6, 6.07) is 5.82. The predicted molar refractivity (Wildman–Crippen MR) is 100 cm³/mol. The molecule has 2 heterocycles. The predicted octanol–water partition coefficient (Wildman–Crippen LogP) is 4.23. The molecule has 0 saturated carbocycles. The summed E-state index contributed by atoms with van der Waals surface area (Å²) in [4.78, 5) is 0. The second kappa shape index (κ2) is 6.80. The first-order valence-corrected chi connectivity index (χ1v) is 8.83. The lowest BCUT2D eigenvalue weighted by Gasteiger charge is -2.32. The van der Waals surface area contributed by atoms with Crippen LogP contribution in [0.4, 0.5) is 4.39 Å². The lowest BCUT2D eigenvalue weighted by Crippen LogP contribution is -2.41. The van der Waals surface area contributed by atoms with Crippen LogP contribution in [-0.2, 0) is 15.9 Å². The van der Waals surface area contributed by atoms with Gasteiger partial charge in [0.05, 0.1) is 23.9 Å². The van der Waals surface area contributed by atoms with E-state index in [2.05, 4.69) is 10.3 Å². The van der Waals surface area contributed by atoms with Crippen LogP contribution in [0.15, 0.2) is 30.1 Å². The molecule has 8 heteroatoms. The maximum Gasteiger partial charge on any atom is 0.525 e. The number of benzene rings is 1. The first-order valence-electron chi connectivity index (χ1n) is 8.45. The molecule has 1 aromatic heterocycles. The van der Waals surface area contributed by atoms with E-state index in [1.54, 1.807) is 10.9 Å². The van der Waals surface area contributed by atoms with Crippen LogP contribution in [0.3, 0.4) is 0 Å². The fraction of sp³-hybridized carbons (Fsp3) is 0.444. The van der Waals surface area contributed by atoms with Crippen LogP contribution in [0.1, 0.15) is 44.5 Å². The van der Waals surface area contributed by atoms with Crippen molar-refractivity contribution in [1.29, 1.82) is 0 Å². The van der Waals surface area contributed by atoms with Gasteiger partial charge >= 0.3 is 7.12 Å². The first-order chi connectivity index (χ1) is 12.1. The largest absolute Gasteiger partial charge is 0.525 e. The van der Waals surface area contributed by atoms with E-state index in [-0.39, 0.29) is 0 Å². The Morgan fingerprint density at radius 3 is 2.54 bits per heavy atom. The van der Waals surface area contributed by atoms with Crippen LogP contribution in [0.5, 0.6) is 0 Å². The van der Waals surface area contributed by atoms with Gasteiger partial charge in [0.1, 0.15) is 11.4 Å². The van der Waals surface area contributed by atoms with Gasteiger partial charge in [-0.3, -0.25) is 0 Å². The first kappa shape index (κ1) is 19.1. The maximum absolute atomic E-state index is 14.5. The van der Waals surface area contributed by atoms with Gasteiger partial charge in [0.15, 0.2) is 0 Å². The van der Waals surface area contributed by atoms with Crippen molar-refractivity contribution in [2.24, 2.45) is 0 Å². The van der Waals surface area contributed by atoms with E-state index in [9.17, 15) is 4.39 Å². The van der Waals surface area contributed by atoms with Crippen LogP contribution in [0, 0.1) is 6.92 Å². The van der Waals surface area contributed by atoms with Gasteiger partial charge in [0.2, 0.25) is 0 Å². The zero-order valence-electron chi connectivity index (χ0n) is 15.6. The van der Waals surface area contributed by atoms with Crippen molar-refractivity contribution in [3.8, 4) is 0 Å². The topological polar surface area (TPSA) is 49.2 Å². The van der Waals surface area contributed by atoms with Gasteiger partial charge in [0.25, 0.3) is 0 Å². The molecule has 1 aliphatic rings. The van der Waals surface area contributed by atoms with E-state index in [1.165, 1.54) is 6.08 Å². The molecule has 1 saturated heterocycles. The lowest BCUT2D eigenvalue weighted by molar-refractivity contribution is 0.00578. The average Bonchev–Trinajstić information content (AvgIpc) is 3.04. The number of nitrogens with zero attached hydrogens (tertiary/aromatic N) is 3. The zero-order chi connectivity index (χ0) is 19.1. The Morgan fingerprint density at radius 2 is 1.92 bits per heavy atom. The van der Waals surface area contributed by atoms with Gasteiger partial charge in [0, 0.05) is 5.02 Å². The Hall–Kier alpha value is -1.70. The molecule has 1 aliphatic heterocycles. The third-order valence-electron chi connectivity index (χ3n) is 4.86. The molecule has 2 aromatic rings. The molecule has 0 spiro atoms. The second-order valence-corrected chi connectivity index (χ2v) is 7.96. The van der Waals surface area contributed by atoms with Gasteiger partial charge < -0.3 is 9.31 Å². The zero-order valence-corrected chi connectivity index (χ0v) is 16.3. The molecule has 3 rings (SSSR count). The fourth-order valence-electron chi connectivity index (χ4n) is 2.58. The minimum absolute atomic E-state index is 0.389. The summed E-state index contributed by atoms with van der Waals surface area (Å²) in [5.74, 6) is 0. The molecular weight excluding hydrogens is 355 g/mol. The molecule has 0 amide bonds. The normalized spacial score (nSPS) is 19.2. The Bertz CT molecular complexity index is 835. The quantitative estimate of drug-likeness (QED) is 0.748. The van der Waals surface area contributed by atoms with Crippen LogP contribution in [0.25, 0.3) is 6.08 Å². The van der Waals surface area contributed by atoms with Gasteiger partial charge in [-0.05, 0) is 57.9 Å². The van der Waals surface area contributed by atoms with E-state index >= 15 is 0 Å². The number of halogens is 2. The Kier molecular flexibility index (Phi) is 4.99. The summed E-state index contributed by atoms with van der Waals surface area (Å²) < 4.78 is 27.5. The highest BCUT2D eigenvalue weighted by Gasteiger charge is 2.53. The Morgan fingerprint density at radius 1 is 1.27 bits per heavy atom. The van der Waals surface area contributed by atoms with Gasteiger partial charge in [-0.1, -0.05) is 28.9 Å². The van der Waals surface area contributed by atoms with Crippen molar-refractivity contribution in [1.82, 2.24) is 15.0 Å². The molecule has 138 valence electrons. The van der Waals surface area contributed by atoms with Crippen LogP contribution in [0.2, 0.25) is 5.02 Å². The summed E-state index contributed by atoms with van der Waals surface area (Å²) in [7, 11) is -1.04. The number of rotatable bonds is 4. The van der Waals surface area contributed by atoms with Crippen molar-refractivity contribution in [3.63, 3.8) is 0 Å². The van der Waals surface area contributed by atoms with Crippen molar-refractivity contribution in [3.05, 3.63) is 52.0 Å². The molecule has 0 atom stereocenters. The average molecular weight is 378 g/mol. The minimum atomic E-state index is -1.04. The molecular formula is C18H22BClFN3O2. The van der Waals surface area contributed by atoms with Crippen molar-refractivity contribution in [2.75, 3.05) is 0 Å². The lowest BCUT2D eigenvalue weighted by atomic mass is 9.87. The third kappa shape index (κ3) is 3.85. The number of hydrogen-bond donors (Lipinski definition) is 0. The highest BCUT2D eigenvalue weighted by atomic mass is 35.5. The van der Waals surface area contributed by atoms with E-state index in [0.717, 1.165) is 11.1 Å². The molecule has 0 aliphatic carbocycles. The standard InChI is InChI=1S/C18H22BClFN3O2/c1-12-6-7-13(15(20)8-12)10-24-11-14(22-23-24)9-16(21)19-25-17(2,3)18(4,5)26-19/h6-9,11H,10H2,1-5H3. The van der Waals surface area contributed by atoms with Gasteiger partial charge in [-0.2, -0.15) is 0 Å². The Balaban J connectivity index is 1.73. The highest BCUT2D eigenvalue weighted by molar-refractivity contribution is 6.54. The molecule has 1 aromatic carbocycles. The molecule has 0 N–H and O–H groups in total.